The molecule has 0 aliphatic rings. The summed E-state index contributed by atoms with van der Waals surface area (Å²) in [6.45, 7) is 3.87. The first-order chi connectivity index (χ1) is 14.0. The number of hydrogen-bond acceptors (Lipinski definition) is 5. The van der Waals surface area contributed by atoms with E-state index in [9.17, 15) is 4.79 Å². The van der Waals surface area contributed by atoms with E-state index >= 15 is 0 Å². The fraction of sp³-hybridized carbons (Fsp3) is 0.190. The number of aromatic nitrogens is 3. The van der Waals surface area contributed by atoms with Crippen LogP contribution in [0, 0.1) is 6.92 Å². The van der Waals surface area contributed by atoms with Crippen molar-refractivity contribution in [2.75, 3.05) is 12.4 Å². The number of ether oxygens (including phenoxy) is 1. The molecule has 0 saturated heterocycles. The van der Waals surface area contributed by atoms with Gasteiger partial charge in [0, 0.05) is 11.5 Å². The van der Waals surface area contributed by atoms with E-state index in [1.54, 1.807) is 19.2 Å². The molecule has 148 valence electrons. The molecule has 4 aromatic rings. The molecule has 1 amide bonds. The summed E-state index contributed by atoms with van der Waals surface area (Å²) in [7, 11) is 1.64. The van der Waals surface area contributed by atoms with E-state index in [1.165, 1.54) is 11.8 Å². The van der Waals surface area contributed by atoms with Crippen LogP contribution in [0.3, 0.4) is 0 Å². The van der Waals surface area contributed by atoms with Gasteiger partial charge in [-0.1, -0.05) is 35.5 Å². The summed E-state index contributed by atoms with van der Waals surface area (Å²) in [5, 5.41) is 13.3. The second-order valence-corrected chi connectivity index (χ2v) is 8.33. The third-order valence-corrected chi connectivity index (χ3v) is 6.03. The molecule has 8 heteroatoms. The molecule has 4 rings (SSSR count). The van der Waals surface area contributed by atoms with E-state index in [2.05, 4.69) is 15.5 Å². The van der Waals surface area contributed by atoms with E-state index in [0.29, 0.717) is 15.9 Å². The van der Waals surface area contributed by atoms with E-state index in [1.807, 2.05) is 54.6 Å². The van der Waals surface area contributed by atoms with Gasteiger partial charge in [0.2, 0.25) is 5.91 Å². The van der Waals surface area contributed by atoms with Crippen LogP contribution < -0.4 is 10.1 Å². The topological polar surface area (TPSA) is 68.5 Å². The van der Waals surface area contributed by atoms with Crippen molar-refractivity contribution in [1.29, 1.82) is 0 Å². The lowest BCUT2D eigenvalue weighted by molar-refractivity contribution is -0.115. The summed E-state index contributed by atoms with van der Waals surface area (Å²) >= 11 is 7.48. The Kier molecular flexibility index (Phi) is 5.34. The number of benzene rings is 2. The molecule has 29 heavy (non-hydrogen) atoms. The molecule has 2 heterocycles. The standard InChI is InChI=1S/C21H19ClN4O2S/c1-12-10-19-24-25-21(26(19)18-11-14(28-3)8-9-15(12)18)29-13(2)20(27)23-17-7-5-4-6-16(17)22/h4-11,13H,1-3H3,(H,23,27). The molecule has 1 unspecified atom stereocenters. The Morgan fingerprint density at radius 2 is 2.00 bits per heavy atom. The maximum absolute atomic E-state index is 12.7. The molecular formula is C21H19ClN4O2S. The molecule has 2 aromatic heterocycles. The largest absolute Gasteiger partial charge is 0.497 e. The Balaban J connectivity index is 1.68. The highest BCUT2D eigenvalue weighted by Crippen LogP contribution is 2.30. The maximum atomic E-state index is 12.7. The minimum Gasteiger partial charge on any atom is -0.497 e. The molecule has 1 atom stereocenters. The van der Waals surface area contributed by atoms with Crippen molar-refractivity contribution in [3.63, 3.8) is 0 Å². The van der Waals surface area contributed by atoms with Crippen molar-refractivity contribution in [3.05, 3.63) is 59.1 Å². The van der Waals surface area contributed by atoms with Crippen LogP contribution in [0.2, 0.25) is 5.02 Å². The van der Waals surface area contributed by atoms with Crippen molar-refractivity contribution >= 4 is 51.5 Å². The Labute approximate surface area is 177 Å². The summed E-state index contributed by atoms with van der Waals surface area (Å²) < 4.78 is 7.34. The smallest absolute Gasteiger partial charge is 0.237 e. The molecule has 2 aromatic carbocycles. The SMILES string of the molecule is COc1ccc2c(C)cc3nnc(SC(C)C(=O)Nc4ccccc4Cl)n3c2c1. The van der Waals surface area contributed by atoms with E-state index in [4.69, 9.17) is 16.3 Å². The number of aryl methyl sites for hydroxylation is 1. The zero-order valence-electron chi connectivity index (χ0n) is 16.1. The molecule has 0 aliphatic carbocycles. The summed E-state index contributed by atoms with van der Waals surface area (Å²) in [4.78, 5) is 12.7. The van der Waals surface area contributed by atoms with Crippen LogP contribution in [0.4, 0.5) is 5.69 Å². The number of anilines is 1. The van der Waals surface area contributed by atoms with Crippen LogP contribution >= 0.6 is 23.4 Å². The number of carbonyl (C=O) groups is 1. The second kappa shape index (κ2) is 7.93. The lowest BCUT2D eigenvalue weighted by atomic mass is 10.1. The van der Waals surface area contributed by atoms with Crippen molar-refractivity contribution in [2.24, 2.45) is 0 Å². The summed E-state index contributed by atoms with van der Waals surface area (Å²) in [5.41, 5.74) is 3.35. The number of nitrogens with one attached hydrogen (secondary N) is 1. The number of para-hydroxylation sites is 1. The van der Waals surface area contributed by atoms with E-state index in [0.717, 1.165) is 27.9 Å². The monoisotopic (exact) mass is 426 g/mol. The number of nitrogens with zero attached hydrogens (tertiary/aromatic N) is 3. The van der Waals surface area contributed by atoms with Crippen LogP contribution in [0.1, 0.15) is 12.5 Å². The predicted molar refractivity (Wildman–Crippen MR) is 117 cm³/mol. The third kappa shape index (κ3) is 3.75. The van der Waals surface area contributed by atoms with Gasteiger partial charge in [0.15, 0.2) is 10.8 Å². The summed E-state index contributed by atoms with van der Waals surface area (Å²) in [5.74, 6) is 0.590. The minimum atomic E-state index is -0.402. The zero-order valence-corrected chi connectivity index (χ0v) is 17.7. The Hall–Kier alpha value is -2.77. The second-order valence-electron chi connectivity index (χ2n) is 6.62. The lowest BCUT2D eigenvalue weighted by Crippen LogP contribution is -2.22. The molecule has 0 spiro atoms. The molecule has 0 aliphatic heterocycles. The van der Waals surface area contributed by atoms with Gasteiger partial charge in [-0.2, -0.15) is 0 Å². The van der Waals surface area contributed by atoms with Crippen molar-refractivity contribution < 1.29 is 9.53 Å². The van der Waals surface area contributed by atoms with Gasteiger partial charge >= 0.3 is 0 Å². The number of thioether (sulfide) groups is 1. The molecule has 0 saturated carbocycles. The fourth-order valence-electron chi connectivity index (χ4n) is 3.11. The number of methoxy groups -OCH3 is 1. The first kappa shape index (κ1) is 19.5. The number of rotatable bonds is 5. The van der Waals surface area contributed by atoms with Crippen LogP contribution in [0.5, 0.6) is 5.75 Å². The Morgan fingerprint density at radius 1 is 1.21 bits per heavy atom. The first-order valence-corrected chi connectivity index (χ1v) is 10.3. The molecule has 6 nitrogen and oxygen atoms in total. The van der Waals surface area contributed by atoms with Gasteiger partial charge in [-0.05, 0) is 49.7 Å². The van der Waals surface area contributed by atoms with Gasteiger partial charge in [-0.3, -0.25) is 9.20 Å². The number of pyridine rings is 1. The zero-order chi connectivity index (χ0) is 20.5. The summed E-state index contributed by atoms with van der Waals surface area (Å²) in [6, 6.07) is 15.0. The maximum Gasteiger partial charge on any atom is 0.237 e. The van der Waals surface area contributed by atoms with Crippen molar-refractivity contribution in [3.8, 4) is 5.75 Å². The van der Waals surface area contributed by atoms with Crippen molar-refractivity contribution in [1.82, 2.24) is 14.6 Å². The molecular weight excluding hydrogens is 408 g/mol. The van der Waals surface area contributed by atoms with Gasteiger partial charge in [0.05, 0.1) is 28.6 Å². The Bertz CT molecular complexity index is 1220. The normalized spacial score (nSPS) is 12.3. The first-order valence-electron chi connectivity index (χ1n) is 9.02. The van der Waals surface area contributed by atoms with Gasteiger partial charge in [-0.15, -0.1) is 10.2 Å². The van der Waals surface area contributed by atoms with Gasteiger partial charge in [-0.25, -0.2) is 0 Å². The molecule has 0 radical (unpaired) electrons. The molecule has 0 fully saturated rings. The van der Waals surface area contributed by atoms with Crippen LogP contribution in [-0.4, -0.2) is 32.9 Å². The highest BCUT2D eigenvalue weighted by molar-refractivity contribution is 8.00. The quantitative estimate of drug-likeness (QED) is 0.456. The van der Waals surface area contributed by atoms with Crippen LogP contribution in [0.15, 0.2) is 53.7 Å². The van der Waals surface area contributed by atoms with E-state index < -0.39 is 5.25 Å². The van der Waals surface area contributed by atoms with Gasteiger partial charge in [0.1, 0.15) is 5.75 Å². The fourth-order valence-corrected chi connectivity index (χ4v) is 4.16. The predicted octanol–water partition coefficient (Wildman–Crippen LogP) is 4.97. The van der Waals surface area contributed by atoms with Gasteiger partial charge in [0.25, 0.3) is 0 Å². The minimum absolute atomic E-state index is 0.158. The molecule has 0 bridgehead atoms. The number of halogens is 1. The highest BCUT2D eigenvalue weighted by Gasteiger charge is 2.20. The van der Waals surface area contributed by atoms with E-state index in [-0.39, 0.29) is 5.91 Å². The molecule has 1 N–H and O–H groups in total. The van der Waals surface area contributed by atoms with Crippen molar-refractivity contribution in [2.45, 2.75) is 24.3 Å². The number of fused-ring (bicyclic) bond motifs is 3. The number of carbonyl (C=O) groups excluding carboxylic acids is 1. The number of hydrogen-bond donors (Lipinski definition) is 1. The number of amides is 1. The highest BCUT2D eigenvalue weighted by atomic mass is 35.5. The Morgan fingerprint density at radius 3 is 2.76 bits per heavy atom. The average molecular weight is 427 g/mol. The average Bonchev–Trinajstić information content (AvgIpc) is 3.11. The van der Waals surface area contributed by atoms with Crippen LogP contribution in [-0.2, 0) is 4.79 Å². The summed E-state index contributed by atoms with van der Waals surface area (Å²) in [6.07, 6.45) is 0. The van der Waals surface area contributed by atoms with Gasteiger partial charge < -0.3 is 10.1 Å². The van der Waals surface area contributed by atoms with Crippen LogP contribution in [0.25, 0.3) is 16.6 Å². The third-order valence-electron chi connectivity index (χ3n) is 4.66. The lowest BCUT2D eigenvalue weighted by Gasteiger charge is -2.13.